The zero-order valence-electron chi connectivity index (χ0n) is 4.52. The van der Waals surface area contributed by atoms with Crippen molar-refractivity contribution in [3.63, 3.8) is 0 Å². The van der Waals surface area contributed by atoms with Gasteiger partial charge in [0.25, 0.3) is 0 Å². The second kappa shape index (κ2) is 8.97. The van der Waals surface area contributed by atoms with E-state index in [1.54, 1.807) is 0 Å². The molecule has 0 aromatic rings. The molecule has 1 nitrogen and oxygen atoms in total. The molecule has 0 aliphatic heterocycles. The van der Waals surface area contributed by atoms with E-state index in [0.717, 1.165) is 0 Å². The Labute approximate surface area is 103 Å². The van der Waals surface area contributed by atoms with Gasteiger partial charge >= 0.3 is 99.1 Å². The summed E-state index contributed by atoms with van der Waals surface area (Å²) >= 11 is -6.22. The van der Waals surface area contributed by atoms with E-state index in [1.807, 2.05) is 0 Å². The molecule has 0 rings (SSSR count). The Morgan fingerprint density at radius 2 is 0.455 bits per heavy atom. The molecule has 0 heterocycles. The van der Waals surface area contributed by atoms with Crippen molar-refractivity contribution in [3.8, 4) is 0 Å². The molecule has 0 spiro atoms. The van der Waals surface area contributed by atoms with Gasteiger partial charge in [-0.25, -0.2) is 0 Å². The van der Waals surface area contributed by atoms with Crippen molar-refractivity contribution in [3.05, 3.63) is 0 Å². The summed E-state index contributed by atoms with van der Waals surface area (Å²) in [4.78, 5) is 0. The first-order valence-electron chi connectivity index (χ1n) is 1.51. The monoisotopic (exact) mass is 394 g/mol. The molecule has 0 aromatic heterocycles. The van der Waals surface area contributed by atoms with Crippen LogP contribution in [0.2, 0.25) is 0 Å². The minimum atomic E-state index is -3.11. The molecule has 2 N–H and O–H groups in total. The summed E-state index contributed by atoms with van der Waals surface area (Å²) in [5.41, 5.74) is 0. The molecule has 72 valence electrons. The van der Waals surface area contributed by atoms with E-state index in [4.69, 9.17) is 74.4 Å². The van der Waals surface area contributed by atoms with Gasteiger partial charge < -0.3 is 5.48 Å². The fourth-order valence-corrected chi connectivity index (χ4v) is 0. The third kappa shape index (κ3) is 137. The molecular weight excluding hydrogens is 395 g/mol. The van der Waals surface area contributed by atoms with Crippen molar-refractivity contribution in [2.45, 2.75) is 0 Å². The Balaban J connectivity index is -0.000000107. The van der Waals surface area contributed by atoms with Crippen molar-refractivity contribution >= 4 is 74.4 Å². The molecule has 0 aromatic carbocycles. The van der Waals surface area contributed by atoms with Gasteiger partial charge in [-0.1, -0.05) is 0 Å². The Hall–Kier alpha value is 3.71. The average Bonchev–Trinajstić information content (AvgIpc) is 1.12. The van der Waals surface area contributed by atoms with E-state index in [-0.39, 0.29) is 5.48 Å². The van der Waals surface area contributed by atoms with Crippen molar-refractivity contribution in [2.75, 3.05) is 0 Å². The van der Waals surface area contributed by atoms with Crippen LogP contribution in [0.5, 0.6) is 0 Å². The molecule has 0 saturated heterocycles. The zero-order valence-corrected chi connectivity index (χ0v) is 13.7. The first kappa shape index (κ1) is 20.2. The van der Waals surface area contributed by atoms with E-state index in [1.165, 1.54) is 0 Å². The number of hydrogen-bond donors (Lipinski definition) is 0. The Kier molecular flexibility index (Phi) is 16.4. The van der Waals surface area contributed by atoms with Gasteiger partial charge in [0.2, 0.25) is 0 Å². The average molecular weight is 397 g/mol. The predicted octanol–water partition coefficient (Wildman–Crippen LogP) is 4.69. The summed E-state index contributed by atoms with van der Waals surface area (Å²) in [6.45, 7) is 0. The third-order valence-corrected chi connectivity index (χ3v) is 0. The van der Waals surface area contributed by atoms with Gasteiger partial charge in [-0.05, 0) is 0 Å². The van der Waals surface area contributed by atoms with Crippen molar-refractivity contribution in [1.82, 2.24) is 0 Å². The number of hydrogen-bond acceptors (Lipinski definition) is 0. The predicted molar refractivity (Wildman–Crippen MR) is 50.4 cm³/mol. The van der Waals surface area contributed by atoms with Crippen LogP contribution in [0, 0.1) is 0 Å². The van der Waals surface area contributed by atoms with Gasteiger partial charge in [0, 0.05) is 0 Å². The molecule has 0 atom stereocenters. The van der Waals surface area contributed by atoms with Crippen LogP contribution < -0.4 is 0 Å². The molecule has 0 amide bonds. The van der Waals surface area contributed by atoms with E-state index in [0.29, 0.717) is 0 Å². The second-order valence-electron chi connectivity index (χ2n) is 0.857. The quantitative estimate of drug-likeness (QED) is 0.532. The van der Waals surface area contributed by atoms with Gasteiger partial charge in [-0.2, -0.15) is 0 Å². The molecule has 0 saturated carbocycles. The second-order valence-corrected chi connectivity index (χ2v) is 31.8. The van der Waals surface area contributed by atoms with Crippen molar-refractivity contribution in [2.24, 2.45) is 0 Å². The number of rotatable bonds is 0. The van der Waals surface area contributed by atoms with Crippen LogP contribution in [0.3, 0.4) is 0 Å². The van der Waals surface area contributed by atoms with Crippen molar-refractivity contribution < 1.29 is 30.2 Å². The zero-order chi connectivity index (χ0) is 9.00. The molecule has 0 fully saturated rings. The molecular formula is H2Cl8OTi2. The summed E-state index contributed by atoms with van der Waals surface area (Å²) in [7, 11) is 40.1. The van der Waals surface area contributed by atoms with Crippen LogP contribution in [0.15, 0.2) is 0 Å². The Morgan fingerprint density at radius 1 is 0.455 bits per heavy atom. The molecule has 11 heavy (non-hydrogen) atoms. The third-order valence-electron chi connectivity index (χ3n) is 0. The van der Waals surface area contributed by atoms with Crippen LogP contribution in [-0.2, 0) is 24.7 Å². The summed E-state index contributed by atoms with van der Waals surface area (Å²) in [6.07, 6.45) is 0. The summed E-state index contributed by atoms with van der Waals surface area (Å²) in [5.74, 6) is 0. The van der Waals surface area contributed by atoms with Crippen LogP contribution in [0.1, 0.15) is 0 Å². The Morgan fingerprint density at radius 3 is 0.455 bits per heavy atom. The maximum absolute atomic E-state index is 5.01. The summed E-state index contributed by atoms with van der Waals surface area (Å²) < 4.78 is 0. The Bertz CT molecular complexity index is 55.1. The first-order chi connectivity index (χ1) is 4.00. The molecule has 0 radical (unpaired) electrons. The van der Waals surface area contributed by atoms with Gasteiger partial charge in [-0.15, -0.1) is 0 Å². The maximum atomic E-state index is 5.01. The van der Waals surface area contributed by atoms with Crippen molar-refractivity contribution in [1.29, 1.82) is 0 Å². The molecule has 0 unspecified atom stereocenters. The molecule has 0 bridgehead atoms. The van der Waals surface area contributed by atoms with E-state index >= 15 is 0 Å². The number of halogens is 8. The SMILES string of the molecule is O.[Cl][Ti]([Cl])([Cl])[Cl].[Cl][Ti]([Cl])([Cl])[Cl]. The molecule has 0 aliphatic rings. The van der Waals surface area contributed by atoms with Gasteiger partial charge in [0.1, 0.15) is 0 Å². The molecule has 0 aliphatic carbocycles. The van der Waals surface area contributed by atoms with Crippen LogP contribution in [0.25, 0.3) is 0 Å². The van der Waals surface area contributed by atoms with Gasteiger partial charge in [0.15, 0.2) is 0 Å². The van der Waals surface area contributed by atoms with Gasteiger partial charge in [-0.3, -0.25) is 0 Å². The fourth-order valence-electron chi connectivity index (χ4n) is 0. The van der Waals surface area contributed by atoms with Crippen LogP contribution in [-0.4, -0.2) is 5.48 Å². The van der Waals surface area contributed by atoms with E-state index in [9.17, 15) is 0 Å². The fraction of sp³-hybridized carbons (Fsp3) is 0. The normalized spacial score (nSPS) is 10.9. The standard InChI is InChI=1S/8ClH.H2O.2Ti/h8*1H;1H2;;/q;;;;;;;;;2*+4/p-8. The summed E-state index contributed by atoms with van der Waals surface area (Å²) in [5, 5.41) is 0. The van der Waals surface area contributed by atoms with Gasteiger partial charge in [0.05, 0.1) is 0 Å². The van der Waals surface area contributed by atoms with E-state index < -0.39 is 24.7 Å². The topological polar surface area (TPSA) is 31.5 Å². The molecule has 11 heteroatoms. The minimum absolute atomic E-state index is 0. The van der Waals surface area contributed by atoms with Crippen LogP contribution >= 0.6 is 74.4 Å². The first-order valence-corrected chi connectivity index (χ1v) is 18.7. The van der Waals surface area contributed by atoms with Crippen LogP contribution in [0.4, 0.5) is 0 Å². The summed E-state index contributed by atoms with van der Waals surface area (Å²) in [6, 6.07) is 0. The van der Waals surface area contributed by atoms with E-state index in [2.05, 4.69) is 0 Å².